The highest BCUT2D eigenvalue weighted by atomic mass is 35.5. The molecule has 1 aliphatic heterocycles. The lowest BCUT2D eigenvalue weighted by Crippen LogP contribution is -2.46. The molecule has 2 nitrogen and oxygen atoms in total. The summed E-state index contributed by atoms with van der Waals surface area (Å²) in [5.74, 6) is 0. The zero-order chi connectivity index (χ0) is 10.2. The highest BCUT2D eigenvalue weighted by Crippen LogP contribution is 2.10. The van der Waals surface area contributed by atoms with Crippen molar-refractivity contribution in [2.24, 2.45) is 0 Å². The zero-order valence-electron chi connectivity index (χ0n) is 9.01. The van der Waals surface area contributed by atoms with Crippen LogP contribution in [0, 0.1) is 0 Å². The number of halogens is 1. The lowest BCUT2D eigenvalue weighted by atomic mass is 10.1. The summed E-state index contributed by atoms with van der Waals surface area (Å²) >= 11 is 5.56. The van der Waals surface area contributed by atoms with Crippen LogP contribution in [0.25, 0.3) is 0 Å². The summed E-state index contributed by atoms with van der Waals surface area (Å²) in [4.78, 5) is 2.52. The van der Waals surface area contributed by atoms with Gasteiger partial charge in [-0.15, -0.1) is 0 Å². The fraction of sp³-hybridized carbons (Fsp3) is 0.818. The van der Waals surface area contributed by atoms with Crippen molar-refractivity contribution in [3.8, 4) is 0 Å². The standard InChI is InChI=1S/C11H21ClN2/c1-2-8-14(9-4-6-12)11-5-3-7-13-10-11/h4,6,11,13H,2-3,5,7-10H2,1H3. The normalized spacial score (nSPS) is 23.5. The van der Waals surface area contributed by atoms with Crippen molar-refractivity contribution in [3.63, 3.8) is 0 Å². The van der Waals surface area contributed by atoms with Crippen molar-refractivity contribution in [3.05, 3.63) is 11.6 Å². The number of hydrogen-bond acceptors (Lipinski definition) is 2. The summed E-state index contributed by atoms with van der Waals surface area (Å²) in [5.41, 5.74) is 1.62. The molecule has 0 aliphatic carbocycles. The van der Waals surface area contributed by atoms with Crippen LogP contribution >= 0.6 is 11.6 Å². The Kier molecular flexibility index (Phi) is 6.24. The van der Waals surface area contributed by atoms with Gasteiger partial charge < -0.3 is 5.32 Å². The molecule has 0 aromatic heterocycles. The van der Waals surface area contributed by atoms with Crippen LogP contribution in [0.5, 0.6) is 0 Å². The summed E-state index contributed by atoms with van der Waals surface area (Å²) in [6.45, 7) is 6.71. The van der Waals surface area contributed by atoms with Gasteiger partial charge in [0.15, 0.2) is 0 Å². The Morgan fingerprint density at radius 3 is 3.00 bits per heavy atom. The molecule has 0 saturated carbocycles. The molecule has 1 fully saturated rings. The Hall–Kier alpha value is -0.0500. The molecule has 1 atom stereocenters. The first-order valence-electron chi connectivity index (χ1n) is 5.58. The van der Waals surface area contributed by atoms with E-state index in [0.29, 0.717) is 6.04 Å². The summed E-state index contributed by atoms with van der Waals surface area (Å²) in [7, 11) is 0. The second-order valence-corrected chi connectivity index (χ2v) is 4.11. The van der Waals surface area contributed by atoms with Crippen molar-refractivity contribution in [1.29, 1.82) is 0 Å². The summed E-state index contributed by atoms with van der Waals surface area (Å²) in [5, 5.41) is 3.45. The molecule has 0 aromatic rings. The van der Waals surface area contributed by atoms with E-state index in [2.05, 4.69) is 17.1 Å². The zero-order valence-corrected chi connectivity index (χ0v) is 9.76. The third-order valence-corrected chi connectivity index (χ3v) is 2.91. The molecular formula is C11H21ClN2. The van der Waals surface area contributed by atoms with E-state index >= 15 is 0 Å². The van der Waals surface area contributed by atoms with Crippen LogP contribution in [0.1, 0.15) is 26.2 Å². The monoisotopic (exact) mass is 216 g/mol. The van der Waals surface area contributed by atoms with Gasteiger partial charge in [0.1, 0.15) is 0 Å². The third kappa shape index (κ3) is 3.99. The van der Waals surface area contributed by atoms with Crippen molar-refractivity contribution >= 4 is 11.6 Å². The van der Waals surface area contributed by atoms with Crippen LogP contribution in [-0.4, -0.2) is 37.1 Å². The van der Waals surface area contributed by atoms with E-state index in [1.165, 1.54) is 32.4 Å². The summed E-state index contributed by atoms with van der Waals surface area (Å²) in [6, 6.07) is 0.705. The predicted molar refractivity (Wildman–Crippen MR) is 62.7 cm³/mol. The Labute approximate surface area is 92.3 Å². The van der Waals surface area contributed by atoms with Gasteiger partial charge in [0.05, 0.1) is 0 Å². The van der Waals surface area contributed by atoms with Crippen LogP contribution in [0.4, 0.5) is 0 Å². The minimum atomic E-state index is 0.705. The highest BCUT2D eigenvalue weighted by molar-refractivity contribution is 6.25. The Morgan fingerprint density at radius 1 is 1.57 bits per heavy atom. The molecule has 3 heteroatoms. The van der Waals surface area contributed by atoms with E-state index in [1.54, 1.807) is 5.54 Å². The van der Waals surface area contributed by atoms with Gasteiger partial charge in [0, 0.05) is 24.7 Å². The van der Waals surface area contributed by atoms with Crippen molar-refractivity contribution in [2.75, 3.05) is 26.2 Å². The molecule has 0 radical (unpaired) electrons. The second-order valence-electron chi connectivity index (χ2n) is 3.86. The first kappa shape index (κ1) is 12.0. The second kappa shape index (κ2) is 7.27. The van der Waals surface area contributed by atoms with E-state index < -0.39 is 0 Å². The van der Waals surface area contributed by atoms with Gasteiger partial charge in [-0.05, 0) is 32.4 Å². The van der Waals surface area contributed by atoms with Gasteiger partial charge in [-0.1, -0.05) is 24.6 Å². The largest absolute Gasteiger partial charge is 0.315 e. The number of nitrogens with one attached hydrogen (secondary N) is 1. The number of rotatable bonds is 5. The number of nitrogens with zero attached hydrogens (tertiary/aromatic N) is 1. The van der Waals surface area contributed by atoms with Crippen LogP contribution in [0.15, 0.2) is 11.6 Å². The lowest BCUT2D eigenvalue weighted by molar-refractivity contribution is 0.183. The van der Waals surface area contributed by atoms with Gasteiger partial charge in [-0.2, -0.15) is 0 Å². The average Bonchev–Trinajstić information content (AvgIpc) is 2.25. The molecule has 1 aliphatic rings. The first-order chi connectivity index (χ1) is 6.88. The molecular weight excluding hydrogens is 196 g/mol. The van der Waals surface area contributed by atoms with Gasteiger partial charge >= 0.3 is 0 Å². The maximum absolute atomic E-state index is 5.56. The Balaban J connectivity index is 2.38. The minimum absolute atomic E-state index is 0.705. The van der Waals surface area contributed by atoms with E-state index in [0.717, 1.165) is 13.1 Å². The topological polar surface area (TPSA) is 15.3 Å². The number of piperidine rings is 1. The quantitative estimate of drug-likeness (QED) is 0.758. The van der Waals surface area contributed by atoms with E-state index in [-0.39, 0.29) is 0 Å². The Bertz CT molecular complexity index is 165. The van der Waals surface area contributed by atoms with Crippen molar-refractivity contribution in [1.82, 2.24) is 10.2 Å². The maximum Gasteiger partial charge on any atom is 0.0224 e. The smallest absolute Gasteiger partial charge is 0.0224 e. The van der Waals surface area contributed by atoms with E-state index in [1.807, 2.05) is 6.08 Å². The maximum atomic E-state index is 5.56. The summed E-state index contributed by atoms with van der Waals surface area (Å²) < 4.78 is 0. The fourth-order valence-electron chi connectivity index (χ4n) is 2.03. The van der Waals surface area contributed by atoms with Gasteiger partial charge in [-0.25, -0.2) is 0 Å². The summed E-state index contributed by atoms with van der Waals surface area (Å²) in [6.07, 6.45) is 5.87. The fourth-order valence-corrected chi connectivity index (χ4v) is 2.11. The SMILES string of the molecule is CCCN(CC=CCl)C1CCCNC1. The van der Waals surface area contributed by atoms with Gasteiger partial charge in [0.2, 0.25) is 0 Å². The molecule has 0 amide bonds. The highest BCUT2D eigenvalue weighted by Gasteiger charge is 2.18. The van der Waals surface area contributed by atoms with E-state index in [9.17, 15) is 0 Å². The minimum Gasteiger partial charge on any atom is -0.315 e. The van der Waals surface area contributed by atoms with Gasteiger partial charge in [0.25, 0.3) is 0 Å². The lowest BCUT2D eigenvalue weighted by Gasteiger charge is -2.33. The molecule has 14 heavy (non-hydrogen) atoms. The molecule has 1 rings (SSSR count). The molecule has 0 bridgehead atoms. The third-order valence-electron chi connectivity index (χ3n) is 2.73. The molecule has 0 aromatic carbocycles. The van der Waals surface area contributed by atoms with Gasteiger partial charge in [-0.3, -0.25) is 4.90 Å². The average molecular weight is 217 g/mol. The molecule has 0 spiro atoms. The first-order valence-corrected chi connectivity index (χ1v) is 6.02. The van der Waals surface area contributed by atoms with Crippen LogP contribution in [0.2, 0.25) is 0 Å². The number of hydrogen-bond donors (Lipinski definition) is 1. The van der Waals surface area contributed by atoms with E-state index in [4.69, 9.17) is 11.6 Å². The van der Waals surface area contributed by atoms with Crippen molar-refractivity contribution < 1.29 is 0 Å². The van der Waals surface area contributed by atoms with Crippen LogP contribution in [0.3, 0.4) is 0 Å². The predicted octanol–water partition coefficient (Wildman–Crippen LogP) is 2.20. The Morgan fingerprint density at radius 2 is 2.43 bits per heavy atom. The molecule has 1 heterocycles. The van der Waals surface area contributed by atoms with Crippen LogP contribution < -0.4 is 5.32 Å². The molecule has 1 N–H and O–H groups in total. The molecule has 1 unspecified atom stereocenters. The molecule has 82 valence electrons. The molecule has 1 saturated heterocycles. The van der Waals surface area contributed by atoms with Crippen molar-refractivity contribution in [2.45, 2.75) is 32.2 Å². The van der Waals surface area contributed by atoms with Crippen LogP contribution in [-0.2, 0) is 0 Å².